The van der Waals surface area contributed by atoms with Crippen molar-refractivity contribution < 1.29 is 18.4 Å². The van der Waals surface area contributed by atoms with Gasteiger partial charge in [-0.05, 0) is 38.2 Å². The first-order chi connectivity index (χ1) is 13.0. The van der Waals surface area contributed by atoms with E-state index >= 15 is 0 Å². The van der Waals surface area contributed by atoms with Crippen molar-refractivity contribution in [2.45, 2.75) is 64.0 Å². The summed E-state index contributed by atoms with van der Waals surface area (Å²) < 4.78 is 25.9. The molecule has 0 radical (unpaired) electrons. The summed E-state index contributed by atoms with van der Waals surface area (Å²) in [5, 5.41) is 3.68. The van der Waals surface area contributed by atoms with Crippen LogP contribution in [0, 0.1) is 5.41 Å². The minimum atomic E-state index is -2.76. The second-order valence-electron chi connectivity index (χ2n) is 8.11. The van der Waals surface area contributed by atoms with Crippen LogP contribution in [-0.4, -0.2) is 57.1 Å². The van der Waals surface area contributed by atoms with Crippen LogP contribution in [0.5, 0.6) is 0 Å². The van der Waals surface area contributed by atoms with Gasteiger partial charge in [0.1, 0.15) is 0 Å². The molecular weight excluding hydrogens is 354 g/mol. The van der Waals surface area contributed by atoms with Gasteiger partial charge < -0.3 is 9.80 Å². The number of hydrogen-bond acceptors (Lipinski definition) is 3. The van der Waals surface area contributed by atoms with E-state index in [-0.39, 0.29) is 17.5 Å². The highest BCUT2D eigenvalue weighted by Gasteiger charge is 2.50. The zero-order valence-electron chi connectivity index (χ0n) is 15.4. The Morgan fingerprint density at radius 2 is 1.93 bits per heavy atom. The Kier molecular flexibility index (Phi) is 4.90. The highest BCUT2D eigenvalue weighted by Crippen LogP contribution is 2.42. The number of aromatic nitrogens is 2. The average molecular weight is 380 g/mol. The Balaban J connectivity index is 1.46. The van der Waals surface area contributed by atoms with E-state index in [1.165, 1.54) is 25.3 Å². The molecule has 148 valence electrons. The lowest BCUT2D eigenvalue weighted by Gasteiger charge is -2.44. The van der Waals surface area contributed by atoms with Gasteiger partial charge in [-0.25, -0.2) is 4.68 Å². The molecule has 3 fully saturated rings. The maximum absolute atomic E-state index is 13.3. The minimum absolute atomic E-state index is 0.0137. The Morgan fingerprint density at radius 3 is 2.63 bits per heavy atom. The van der Waals surface area contributed by atoms with Crippen molar-refractivity contribution in [1.82, 2.24) is 19.6 Å². The topological polar surface area (TPSA) is 58.4 Å². The normalized spacial score (nSPS) is 27.1. The van der Waals surface area contributed by atoms with Crippen LogP contribution < -0.4 is 0 Å². The van der Waals surface area contributed by atoms with Crippen LogP contribution in [0.1, 0.15) is 68.4 Å². The third-order valence-corrected chi connectivity index (χ3v) is 6.45. The van der Waals surface area contributed by atoms with Crippen molar-refractivity contribution in [3.05, 3.63) is 18.0 Å². The molecule has 1 aliphatic carbocycles. The van der Waals surface area contributed by atoms with E-state index in [1.807, 2.05) is 0 Å². The number of carbonyl (C=O) groups is 2. The molecule has 2 aliphatic heterocycles. The molecule has 8 heteroatoms. The largest absolute Gasteiger partial charge is 0.339 e. The first-order valence-electron chi connectivity index (χ1n) is 9.94. The Hall–Kier alpha value is -1.99. The fourth-order valence-corrected chi connectivity index (χ4v) is 4.99. The lowest BCUT2D eigenvalue weighted by molar-refractivity contribution is -0.149. The lowest BCUT2D eigenvalue weighted by Crippen LogP contribution is -2.54. The summed E-state index contributed by atoms with van der Waals surface area (Å²) in [5.41, 5.74) is -0.490. The zero-order valence-corrected chi connectivity index (χ0v) is 15.4. The van der Waals surface area contributed by atoms with Crippen LogP contribution in [-0.2, 0) is 4.79 Å². The lowest BCUT2D eigenvalue weighted by atomic mass is 9.77. The maximum Gasteiger partial charge on any atom is 0.333 e. The smallest absolute Gasteiger partial charge is 0.333 e. The third kappa shape index (κ3) is 3.34. The maximum atomic E-state index is 13.3. The summed E-state index contributed by atoms with van der Waals surface area (Å²) in [6.45, 7) is -1.10. The van der Waals surface area contributed by atoms with Crippen molar-refractivity contribution in [3.63, 3.8) is 0 Å². The van der Waals surface area contributed by atoms with E-state index < -0.39 is 12.0 Å². The molecule has 1 saturated carbocycles. The molecule has 2 saturated heterocycles. The average Bonchev–Trinajstić information content (AvgIpc) is 3.33. The van der Waals surface area contributed by atoms with Gasteiger partial charge >= 0.3 is 6.55 Å². The van der Waals surface area contributed by atoms with Gasteiger partial charge in [0, 0.05) is 31.9 Å². The third-order valence-electron chi connectivity index (χ3n) is 6.45. The molecule has 27 heavy (non-hydrogen) atoms. The predicted octanol–water partition coefficient (Wildman–Crippen LogP) is 3.07. The highest BCUT2D eigenvalue weighted by atomic mass is 19.3. The van der Waals surface area contributed by atoms with Gasteiger partial charge in [-0.15, -0.1) is 0 Å². The molecule has 6 nitrogen and oxygen atoms in total. The fourth-order valence-electron chi connectivity index (χ4n) is 4.99. The van der Waals surface area contributed by atoms with Gasteiger partial charge in [0.25, 0.3) is 5.91 Å². The molecular formula is C19H26F2N4O2. The van der Waals surface area contributed by atoms with Gasteiger partial charge in [-0.2, -0.15) is 13.9 Å². The molecule has 1 aromatic heterocycles. The summed E-state index contributed by atoms with van der Waals surface area (Å²) in [6.07, 6.45) is 9.28. The number of amides is 2. The monoisotopic (exact) mass is 380 g/mol. The molecule has 3 heterocycles. The van der Waals surface area contributed by atoms with Crippen molar-refractivity contribution in [2.75, 3.05) is 19.6 Å². The number of alkyl halides is 2. The van der Waals surface area contributed by atoms with Crippen molar-refractivity contribution >= 4 is 11.8 Å². The van der Waals surface area contributed by atoms with Crippen molar-refractivity contribution in [1.29, 1.82) is 0 Å². The summed E-state index contributed by atoms with van der Waals surface area (Å²) >= 11 is 0. The molecule has 0 bridgehead atoms. The van der Waals surface area contributed by atoms with E-state index in [4.69, 9.17) is 0 Å². The van der Waals surface area contributed by atoms with E-state index in [0.29, 0.717) is 30.2 Å². The van der Waals surface area contributed by atoms with Crippen LogP contribution in [0.4, 0.5) is 8.78 Å². The van der Waals surface area contributed by atoms with Gasteiger partial charge in [0.05, 0.1) is 5.41 Å². The quantitative estimate of drug-likeness (QED) is 0.810. The van der Waals surface area contributed by atoms with Crippen LogP contribution in [0.15, 0.2) is 12.3 Å². The highest BCUT2D eigenvalue weighted by molar-refractivity contribution is 5.94. The predicted molar refractivity (Wildman–Crippen MR) is 94.3 cm³/mol. The number of carbonyl (C=O) groups excluding carboxylic acids is 2. The van der Waals surface area contributed by atoms with Gasteiger partial charge in [-0.3, -0.25) is 9.59 Å². The molecule has 0 unspecified atom stereocenters. The molecule has 1 atom stereocenters. The van der Waals surface area contributed by atoms with E-state index in [0.717, 1.165) is 38.4 Å². The van der Waals surface area contributed by atoms with Crippen LogP contribution in [0.3, 0.4) is 0 Å². The van der Waals surface area contributed by atoms with Crippen LogP contribution in [0.2, 0.25) is 0 Å². The molecule has 3 aliphatic rings. The first kappa shape index (κ1) is 18.4. The number of hydrogen-bond donors (Lipinski definition) is 0. The molecule has 2 amide bonds. The van der Waals surface area contributed by atoms with Gasteiger partial charge in [0.15, 0.2) is 5.69 Å². The number of rotatable bonds is 3. The number of likely N-dealkylation sites (tertiary alicyclic amines) is 2. The zero-order chi connectivity index (χ0) is 19.0. The summed E-state index contributed by atoms with van der Waals surface area (Å²) in [7, 11) is 0. The Morgan fingerprint density at radius 1 is 1.15 bits per heavy atom. The van der Waals surface area contributed by atoms with Gasteiger partial charge in [-0.1, -0.05) is 19.3 Å². The standard InChI is InChI=1S/C19H26F2N4O2/c20-18(21)25-11-7-15(22-25)16(26)23-12-9-19(13-23)8-4-10-24(17(19)27)14-5-2-1-3-6-14/h7,11,14,18H,1-6,8-10,12-13H2/t19-/m1/s1. The SMILES string of the molecule is O=C(c1ccn(C(F)F)n1)N1CC[C@]2(CCCN(C3CCCCC3)C2=O)C1. The molecule has 1 spiro atoms. The van der Waals surface area contributed by atoms with Gasteiger partial charge in [0.2, 0.25) is 5.91 Å². The Bertz CT molecular complexity index is 716. The summed E-state index contributed by atoms with van der Waals surface area (Å²) in [5.74, 6) is -0.178. The summed E-state index contributed by atoms with van der Waals surface area (Å²) in [6, 6.07) is 1.66. The minimum Gasteiger partial charge on any atom is -0.339 e. The fraction of sp³-hybridized carbons (Fsp3) is 0.737. The van der Waals surface area contributed by atoms with E-state index in [2.05, 4.69) is 10.00 Å². The van der Waals surface area contributed by atoms with Crippen molar-refractivity contribution in [2.24, 2.45) is 5.41 Å². The number of halogens is 2. The van der Waals surface area contributed by atoms with Crippen LogP contribution in [0.25, 0.3) is 0 Å². The molecule has 1 aromatic rings. The second-order valence-corrected chi connectivity index (χ2v) is 8.11. The Labute approximate surface area is 157 Å². The second kappa shape index (κ2) is 7.20. The van der Waals surface area contributed by atoms with Crippen LogP contribution >= 0.6 is 0 Å². The number of piperidine rings is 1. The molecule has 0 aromatic carbocycles. The number of nitrogens with zero attached hydrogens (tertiary/aromatic N) is 4. The molecule has 4 rings (SSSR count). The van der Waals surface area contributed by atoms with Crippen molar-refractivity contribution in [3.8, 4) is 0 Å². The molecule has 0 N–H and O–H groups in total. The summed E-state index contributed by atoms with van der Waals surface area (Å²) in [4.78, 5) is 29.7. The van der Waals surface area contributed by atoms with E-state index in [1.54, 1.807) is 4.90 Å². The first-order valence-corrected chi connectivity index (χ1v) is 9.94. The van der Waals surface area contributed by atoms with E-state index in [9.17, 15) is 18.4 Å².